The average Bonchev–Trinajstić information content (AvgIpc) is 2.68. The van der Waals surface area contributed by atoms with Crippen molar-refractivity contribution >= 4 is 29.0 Å². The molecule has 0 aliphatic heterocycles. The van der Waals surface area contributed by atoms with Gasteiger partial charge in [0.05, 0.1) is 0 Å². The lowest BCUT2D eigenvalue weighted by atomic mass is 10.2. The van der Waals surface area contributed by atoms with Crippen LogP contribution in [0.2, 0.25) is 5.02 Å². The number of aromatic nitrogens is 2. The van der Waals surface area contributed by atoms with Crippen LogP contribution >= 0.6 is 11.6 Å². The standard InChI is InChI=1S/C22H23ClN4O/c1-15(2)27(14-17-7-5-4-6-8-17)21-13-20(24-16(3)25-21)22(28)26-19-11-9-18(23)10-12-19/h4-13,15H,14H2,1-3H3,(H,26,28). The Morgan fingerprint density at radius 2 is 1.75 bits per heavy atom. The number of nitrogens with zero attached hydrogens (tertiary/aromatic N) is 3. The predicted molar refractivity (Wildman–Crippen MR) is 114 cm³/mol. The summed E-state index contributed by atoms with van der Waals surface area (Å²) >= 11 is 5.90. The Balaban J connectivity index is 1.86. The van der Waals surface area contributed by atoms with Crippen molar-refractivity contribution in [1.82, 2.24) is 9.97 Å². The van der Waals surface area contributed by atoms with E-state index in [1.54, 1.807) is 37.3 Å². The number of amides is 1. The second kappa shape index (κ2) is 8.85. The lowest BCUT2D eigenvalue weighted by molar-refractivity contribution is 0.102. The van der Waals surface area contributed by atoms with Gasteiger partial charge in [0.25, 0.3) is 5.91 Å². The Hall–Kier alpha value is -2.92. The summed E-state index contributed by atoms with van der Waals surface area (Å²) in [5.74, 6) is 1.00. The molecule has 2 aromatic carbocycles. The van der Waals surface area contributed by atoms with E-state index in [-0.39, 0.29) is 11.9 Å². The molecule has 0 saturated carbocycles. The van der Waals surface area contributed by atoms with Crippen molar-refractivity contribution in [3.8, 4) is 0 Å². The smallest absolute Gasteiger partial charge is 0.274 e. The topological polar surface area (TPSA) is 58.1 Å². The lowest BCUT2D eigenvalue weighted by Gasteiger charge is -2.28. The molecule has 0 aliphatic carbocycles. The van der Waals surface area contributed by atoms with Gasteiger partial charge in [-0.1, -0.05) is 41.9 Å². The van der Waals surface area contributed by atoms with Crippen molar-refractivity contribution in [1.29, 1.82) is 0 Å². The largest absolute Gasteiger partial charge is 0.350 e. The second-order valence-corrected chi connectivity index (χ2v) is 7.26. The number of carbonyl (C=O) groups excluding carboxylic acids is 1. The average molecular weight is 395 g/mol. The Morgan fingerprint density at radius 1 is 1.07 bits per heavy atom. The van der Waals surface area contributed by atoms with Crippen LogP contribution in [0.4, 0.5) is 11.5 Å². The van der Waals surface area contributed by atoms with E-state index in [2.05, 4.69) is 46.2 Å². The van der Waals surface area contributed by atoms with Crippen LogP contribution in [0.3, 0.4) is 0 Å². The van der Waals surface area contributed by atoms with Gasteiger partial charge in [-0.15, -0.1) is 0 Å². The molecule has 28 heavy (non-hydrogen) atoms. The van der Waals surface area contributed by atoms with Crippen LogP contribution in [-0.2, 0) is 6.54 Å². The fourth-order valence-electron chi connectivity index (χ4n) is 2.85. The molecule has 1 N–H and O–H groups in total. The van der Waals surface area contributed by atoms with E-state index in [9.17, 15) is 4.79 Å². The number of halogens is 1. The minimum atomic E-state index is -0.280. The van der Waals surface area contributed by atoms with Crippen LogP contribution in [0.25, 0.3) is 0 Å². The predicted octanol–water partition coefficient (Wildman–Crippen LogP) is 5.11. The Bertz CT molecular complexity index is 943. The second-order valence-electron chi connectivity index (χ2n) is 6.83. The molecule has 0 bridgehead atoms. The highest BCUT2D eigenvalue weighted by molar-refractivity contribution is 6.30. The Kier molecular flexibility index (Phi) is 6.26. The number of rotatable bonds is 6. The molecule has 0 spiro atoms. The SMILES string of the molecule is Cc1nc(C(=O)Nc2ccc(Cl)cc2)cc(N(Cc2ccccc2)C(C)C)n1. The third kappa shape index (κ3) is 5.08. The minimum absolute atomic E-state index is 0.210. The number of carbonyl (C=O) groups is 1. The molecule has 0 unspecified atom stereocenters. The summed E-state index contributed by atoms with van der Waals surface area (Å²) in [5.41, 5.74) is 2.17. The van der Waals surface area contributed by atoms with Gasteiger partial charge in [0.2, 0.25) is 0 Å². The quantitative estimate of drug-likeness (QED) is 0.631. The Labute approximate surface area is 170 Å². The molecule has 144 valence electrons. The maximum atomic E-state index is 12.7. The summed E-state index contributed by atoms with van der Waals surface area (Å²) in [6.45, 7) is 6.71. The van der Waals surface area contributed by atoms with E-state index in [0.29, 0.717) is 28.8 Å². The fraction of sp³-hybridized carbons (Fsp3) is 0.227. The van der Waals surface area contributed by atoms with Gasteiger partial charge in [-0.05, 0) is 50.6 Å². The molecule has 0 fully saturated rings. The van der Waals surface area contributed by atoms with Gasteiger partial charge in [0.15, 0.2) is 0 Å². The van der Waals surface area contributed by atoms with E-state index in [1.165, 1.54) is 5.56 Å². The number of hydrogen-bond acceptors (Lipinski definition) is 4. The van der Waals surface area contributed by atoms with Crippen molar-refractivity contribution < 1.29 is 4.79 Å². The first-order chi connectivity index (χ1) is 13.4. The molecule has 1 heterocycles. The molecule has 6 heteroatoms. The van der Waals surface area contributed by atoms with E-state index in [0.717, 1.165) is 5.82 Å². The summed E-state index contributed by atoms with van der Waals surface area (Å²) in [7, 11) is 0. The lowest BCUT2D eigenvalue weighted by Crippen LogP contribution is -2.31. The van der Waals surface area contributed by atoms with Crippen LogP contribution in [0, 0.1) is 6.92 Å². The highest BCUT2D eigenvalue weighted by Crippen LogP contribution is 2.20. The van der Waals surface area contributed by atoms with Crippen LogP contribution in [0.15, 0.2) is 60.7 Å². The van der Waals surface area contributed by atoms with E-state index in [4.69, 9.17) is 11.6 Å². The molecule has 3 aromatic rings. The number of nitrogens with one attached hydrogen (secondary N) is 1. The van der Waals surface area contributed by atoms with Crippen molar-refractivity contribution in [3.05, 3.63) is 82.8 Å². The van der Waals surface area contributed by atoms with E-state index >= 15 is 0 Å². The van der Waals surface area contributed by atoms with Gasteiger partial charge in [-0.25, -0.2) is 9.97 Å². The van der Waals surface area contributed by atoms with Gasteiger partial charge >= 0.3 is 0 Å². The number of hydrogen-bond donors (Lipinski definition) is 1. The van der Waals surface area contributed by atoms with Crippen molar-refractivity contribution in [2.75, 3.05) is 10.2 Å². The third-order valence-electron chi connectivity index (χ3n) is 4.27. The van der Waals surface area contributed by atoms with Gasteiger partial charge in [-0.3, -0.25) is 4.79 Å². The number of anilines is 2. The maximum Gasteiger partial charge on any atom is 0.274 e. The maximum absolute atomic E-state index is 12.7. The number of benzene rings is 2. The van der Waals surface area contributed by atoms with Crippen molar-refractivity contribution in [3.63, 3.8) is 0 Å². The van der Waals surface area contributed by atoms with Gasteiger partial charge in [0.1, 0.15) is 17.3 Å². The zero-order valence-electron chi connectivity index (χ0n) is 16.2. The van der Waals surface area contributed by atoms with Crippen LogP contribution in [0.5, 0.6) is 0 Å². The summed E-state index contributed by atoms with van der Waals surface area (Å²) in [4.78, 5) is 23.7. The zero-order chi connectivity index (χ0) is 20.1. The van der Waals surface area contributed by atoms with E-state index in [1.807, 2.05) is 18.2 Å². The van der Waals surface area contributed by atoms with Gasteiger partial charge < -0.3 is 10.2 Å². The molecular weight excluding hydrogens is 372 g/mol. The molecule has 3 rings (SSSR count). The highest BCUT2D eigenvalue weighted by atomic mass is 35.5. The normalized spacial score (nSPS) is 10.8. The molecule has 5 nitrogen and oxygen atoms in total. The third-order valence-corrected chi connectivity index (χ3v) is 4.52. The van der Waals surface area contributed by atoms with Gasteiger partial charge in [-0.2, -0.15) is 0 Å². The first kappa shape index (κ1) is 19.8. The van der Waals surface area contributed by atoms with Crippen LogP contribution < -0.4 is 10.2 Å². The van der Waals surface area contributed by atoms with Crippen LogP contribution in [0.1, 0.15) is 35.7 Å². The summed E-state index contributed by atoms with van der Waals surface area (Å²) in [5, 5.41) is 3.47. The van der Waals surface area contributed by atoms with Gasteiger partial charge in [0, 0.05) is 29.4 Å². The summed E-state index contributed by atoms with van der Waals surface area (Å²) < 4.78 is 0. The van der Waals surface area contributed by atoms with Crippen LogP contribution in [-0.4, -0.2) is 21.9 Å². The Morgan fingerprint density at radius 3 is 2.39 bits per heavy atom. The first-order valence-corrected chi connectivity index (χ1v) is 9.53. The van der Waals surface area contributed by atoms with Crippen molar-refractivity contribution in [2.45, 2.75) is 33.4 Å². The fourth-order valence-corrected chi connectivity index (χ4v) is 2.98. The van der Waals surface area contributed by atoms with Crippen molar-refractivity contribution in [2.24, 2.45) is 0 Å². The highest BCUT2D eigenvalue weighted by Gasteiger charge is 2.17. The minimum Gasteiger partial charge on any atom is -0.350 e. The van der Waals surface area contributed by atoms with E-state index < -0.39 is 0 Å². The molecule has 0 aliphatic rings. The first-order valence-electron chi connectivity index (χ1n) is 9.15. The number of aryl methyl sites for hydroxylation is 1. The summed E-state index contributed by atoms with van der Waals surface area (Å²) in [6, 6.07) is 19.1. The summed E-state index contributed by atoms with van der Waals surface area (Å²) in [6.07, 6.45) is 0. The monoisotopic (exact) mass is 394 g/mol. The zero-order valence-corrected chi connectivity index (χ0v) is 16.9. The molecule has 0 saturated heterocycles. The molecule has 1 amide bonds. The molecule has 0 radical (unpaired) electrons. The molecular formula is C22H23ClN4O. The molecule has 0 atom stereocenters. The molecule has 1 aromatic heterocycles.